The number of hydrogen-bond acceptors (Lipinski definition) is 7. The molecular formula is C23H26N4O2S2. The molecule has 1 aliphatic rings. The van der Waals surface area contributed by atoms with Crippen LogP contribution >= 0.6 is 22.7 Å². The Bertz CT molecular complexity index is 1060. The summed E-state index contributed by atoms with van der Waals surface area (Å²) in [4.78, 5) is 32.8. The summed E-state index contributed by atoms with van der Waals surface area (Å²) in [6, 6.07) is 9.45. The average Bonchev–Trinajstić information content (AvgIpc) is 3.46. The van der Waals surface area contributed by atoms with E-state index in [2.05, 4.69) is 15.2 Å². The third kappa shape index (κ3) is 5.03. The van der Waals surface area contributed by atoms with Gasteiger partial charge in [0.05, 0.1) is 16.3 Å². The average molecular weight is 455 g/mol. The van der Waals surface area contributed by atoms with Crippen molar-refractivity contribution < 1.29 is 9.59 Å². The first-order chi connectivity index (χ1) is 15.0. The van der Waals surface area contributed by atoms with Gasteiger partial charge in [-0.15, -0.1) is 22.7 Å². The molecule has 0 spiro atoms. The van der Waals surface area contributed by atoms with E-state index in [0.717, 1.165) is 47.9 Å². The smallest absolute Gasteiger partial charge is 0.275 e. The summed E-state index contributed by atoms with van der Waals surface area (Å²) in [5, 5.41) is 7.65. The van der Waals surface area contributed by atoms with Crippen LogP contribution in [0.4, 0.5) is 11.4 Å². The number of carbonyl (C=O) groups excluding carboxylic acids is 2. The van der Waals surface area contributed by atoms with Gasteiger partial charge in [-0.25, -0.2) is 4.98 Å². The molecule has 0 bridgehead atoms. The second-order valence-electron chi connectivity index (χ2n) is 7.79. The number of nitrogens with two attached hydrogens (primary N) is 1. The molecule has 31 heavy (non-hydrogen) atoms. The molecule has 0 radical (unpaired) electrons. The standard InChI is InChI=1S/C23H26N4O2S2/c1-15(28)17-6-7-18(20(12-17)27-10-2-4-16(13-27)8-9-24)25-22(29)19-14-31-23(26-19)21-5-3-11-30-21/h3,5-7,11-12,14,16H,2,4,8-10,13,24H2,1H3,(H,25,29). The first-order valence-electron chi connectivity index (χ1n) is 10.5. The Labute approximate surface area is 190 Å². The van der Waals surface area contributed by atoms with Gasteiger partial charge in [0.1, 0.15) is 10.7 Å². The van der Waals surface area contributed by atoms with E-state index in [-0.39, 0.29) is 11.7 Å². The highest BCUT2D eigenvalue weighted by Crippen LogP contribution is 2.33. The molecule has 1 aliphatic heterocycles. The molecule has 0 aliphatic carbocycles. The predicted octanol–water partition coefficient (Wildman–Crippen LogP) is 4.89. The lowest BCUT2D eigenvalue weighted by Gasteiger charge is -2.35. The number of amides is 1. The second kappa shape index (κ2) is 9.72. The number of anilines is 2. The Balaban J connectivity index is 1.58. The summed E-state index contributed by atoms with van der Waals surface area (Å²) in [5.41, 5.74) is 8.41. The maximum absolute atomic E-state index is 13.0. The van der Waals surface area contributed by atoms with Gasteiger partial charge < -0.3 is 16.0 Å². The van der Waals surface area contributed by atoms with Crippen LogP contribution < -0.4 is 16.0 Å². The van der Waals surface area contributed by atoms with Crippen LogP contribution in [-0.2, 0) is 0 Å². The number of nitrogens with zero attached hydrogens (tertiary/aromatic N) is 2. The van der Waals surface area contributed by atoms with Crippen LogP contribution in [0.15, 0.2) is 41.1 Å². The van der Waals surface area contributed by atoms with Crippen molar-refractivity contribution in [3.8, 4) is 9.88 Å². The molecule has 3 aromatic rings. The molecular weight excluding hydrogens is 428 g/mol. The number of thiazole rings is 1. The van der Waals surface area contributed by atoms with E-state index in [9.17, 15) is 9.59 Å². The van der Waals surface area contributed by atoms with Crippen molar-refractivity contribution in [2.45, 2.75) is 26.2 Å². The fourth-order valence-electron chi connectivity index (χ4n) is 3.95. The van der Waals surface area contributed by atoms with Crippen molar-refractivity contribution in [2.24, 2.45) is 11.7 Å². The molecule has 3 heterocycles. The zero-order chi connectivity index (χ0) is 21.8. The van der Waals surface area contributed by atoms with Crippen molar-refractivity contribution in [1.82, 2.24) is 4.98 Å². The minimum absolute atomic E-state index is 0.00901. The molecule has 6 nitrogen and oxygen atoms in total. The number of hydrogen-bond donors (Lipinski definition) is 2. The van der Waals surface area contributed by atoms with Crippen molar-refractivity contribution in [1.29, 1.82) is 0 Å². The molecule has 3 N–H and O–H groups in total. The number of benzene rings is 1. The lowest BCUT2D eigenvalue weighted by molar-refractivity contribution is 0.101. The molecule has 1 aromatic carbocycles. The van der Waals surface area contributed by atoms with Crippen LogP contribution in [0.3, 0.4) is 0 Å². The topological polar surface area (TPSA) is 88.3 Å². The van der Waals surface area contributed by atoms with E-state index in [1.54, 1.807) is 29.7 Å². The molecule has 162 valence electrons. The number of ketones is 1. The lowest BCUT2D eigenvalue weighted by atomic mass is 9.94. The molecule has 0 saturated carbocycles. The van der Waals surface area contributed by atoms with Gasteiger partial charge >= 0.3 is 0 Å². The molecule has 1 saturated heterocycles. The van der Waals surface area contributed by atoms with Crippen LogP contribution in [0.2, 0.25) is 0 Å². The van der Waals surface area contributed by atoms with Crippen molar-refractivity contribution >= 4 is 45.7 Å². The van der Waals surface area contributed by atoms with Gasteiger partial charge in [0.2, 0.25) is 0 Å². The number of thiophene rings is 1. The number of piperidine rings is 1. The van der Waals surface area contributed by atoms with E-state index < -0.39 is 0 Å². The van der Waals surface area contributed by atoms with Gasteiger partial charge in [-0.05, 0) is 68.3 Å². The first-order valence-corrected chi connectivity index (χ1v) is 12.2. The van der Waals surface area contributed by atoms with E-state index in [0.29, 0.717) is 29.4 Å². The molecule has 1 amide bonds. The highest BCUT2D eigenvalue weighted by molar-refractivity contribution is 7.20. The van der Waals surface area contributed by atoms with E-state index in [4.69, 9.17) is 5.73 Å². The highest BCUT2D eigenvalue weighted by atomic mass is 32.1. The van der Waals surface area contributed by atoms with Crippen LogP contribution in [0, 0.1) is 5.92 Å². The van der Waals surface area contributed by atoms with E-state index in [1.807, 2.05) is 29.6 Å². The quantitative estimate of drug-likeness (QED) is 0.496. The Morgan fingerprint density at radius 1 is 1.29 bits per heavy atom. The van der Waals surface area contributed by atoms with Gasteiger partial charge in [0.15, 0.2) is 5.78 Å². The van der Waals surface area contributed by atoms with Crippen LogP contribution in [-0.4, -0.2) is 36.3 Å². The minimum atomic E-state index is -0.244. The summed E-state index contributed by atoms with van der Waals surface area (Å²) < 4.78 is 0. The Kier molecular flexibility index (Phi) is 6.80. The fourth-order valence-corrected chi connectivity index (χ4v) is 5.57. The Morgan fingerprint density at radius 3 is 2.90 bits per heavy atom. The predicted molar refractivity (Wildman–Crippen MR) is 128 cm³/mol. The van der Waals surface area contributed by atoms with Gasteiger partial charge in [-0.3, -0.25) is 9.59 Å². The Morgan fingerprint density at radius 2 is 2.16 bits per heavy atom. The molecule has 1 atom stereocenters. The lowest BCUT2D eigenvalue weighted by Crippen LogP contribution is -2.37. The van der Waals surface area contributed by atoms with Crippen LogP contribution in [0.5, 0.6) is 0 Å². The SMILES string of the molecule is CC(=O)c1ccc(NC(=O)c2csc(-c3cccs3)n2)c(N2CCCC(CCN)C2)c1. The number of aromatic nitrogens is 1. The van der Waals surface area contributed by atoms with Crippen molar-refractivity contribution in [3.63, 3.8) is 0 Å². The molecule has 8 heteroatoms. The zero-order valence-electron chi connectivity index (χ0n) is 17.5. The minimum Gasteiger partial charge on any atom is -0.370 e. The van der Waals surface area contributed by atoms with Crippen LogP contribution in [0.1, 0.15) is 47.0 Å². The summed E-state index contributed by atoms with van der Waals surface area (Å²) in [7, 11) is 0. The van der Waals surface area contributed by atoms with Crippen LogP contribution in [0.25, 0.3) is 9.88 Å². The first kappa shape index (κ1) is 21.7. The van der Waals surface area contributed by atoms with Crippen molar-refractivity contribution in [2.75, 3.05) is 29.9 Å². The second-order valence-corrected chi connectivity index (χ2v) is 9.59. The van der Waals surface area contributed by atoms with E-state index >= 15 is 0 Å². The largest absolute Gasteiger partial charge is 0.370 e. The summed E-state index contributed by atoms with van der Waals surface area (Å²) >= 11 is 3.07. The summed E-state index contributed by atoms with van der Waals surface area (Å²) in [6.45, 7) is 4.00. The third-order valence-electron chi connectivity index (χ3n) is 5.56. The molecule has 4 rings (SSSR count). The normalized spacial score (nSPS) is 16.3. The molecule has 2 aromatic heterocycles. The zero-order valence-corrected chi connectivity index (χ0v) is 19.1. The fraction of sp³-hybridized carbons (Fsp3) is 0.348. The molecule has 1 unspecified atom stereocenters. The number of carbonyl (C=O) groups is 2. The number of rotatable bonds is 7. The Hall–Kier alpha value is -2.55. The highest BCUT2D eigenvalue weighted by Gasteiger charge is 2.23. The summed E-state index contributed by atoms with van der Waals surface area (Å²) in [5.74, 6) is 0.288. The number of Topliss-reactive ketones (excluding diaryl/α,β-unsaturated/α-hetero) is 1. The summed E-state index contributed by atoms with van der Waals surface area (Å²) in [6.07, 6.45) is 3.21. The number of nitrogens with one attached hydrogen (secondary N) is 1. The van der Waals surface area contributed by atoms with Gasteiger partial charge in [-0.1, -0.05) is 6.07 Å². The van der Waals surface area contributed by atoms with Crippen molar-refractivity contribution in [3.05, 3.63) is 52.3 Å². The van der Waals surface area contributed by atoms with E-state index in [1.165, 1.54) is 11.3 Å². The monoisotopic (exact) mass is 454 g/mol. The van der Waals surface area contributed by atoms with Gasteiger partial charge in [-0.2, -0.15) is 0 Å². The maximum atomic E-state index is 13.0. The molecule has 1 fully saturated rings. The third-order valence-corrected chi connectivity index (χ3v) is 7.44. The van der Waals surface area contributed by atoms with Gasteiger partial charge in [0, 0.05) is 24.0 Å². The van der Waals surface area contributed by atoms with Gasteiger partial charge in [0.25, 0.3) is 5.91 Å². The maximum Gasteiger partial charge on any atom is 0.275 e.